The Morgan fingerprint density at radius 2 is 1.26 bits per heavy atom. The summed E-state index contributed by atoms with van der Waals surface area (Å²) in [5.74, 6) is -0.350. The molecule has 4 nitrogen and oxygen atoms in total. The van der Waals surface area contributed by atoms with Crippen molar-refractivity contribution in [2.24, 2.45) is 0 Å². The van der Waals surface area contributed by atoms with E-state index in [9.17, 15) is 13.2 Å². The first-order valence-electron chi connectivity index (χ1n) is 8.77. The van der Waals surface area contributed by atoms with E-state index in [0.29, 0.717) is 6.54 Å². The molecule has 1 aliphatic heterocycles. The highest BCUT2D eigenvalue weighted by molar-refractivity contribution is 7.93. The van der Waals surface area contributed by atoms with Gasteiger partial charge < -0.3 is 4.90 Å². The van der Waals surface area contributed by atoms with Crippen LogP contribution in [-0.2, 0) is 21.2 Å². The van der Waals surface area contributed by atoms with Gasteiger partial charge >= 0.3 is 0 Å². The smallest absolute Gasteiger partial charge is 0.244 e. The Kier molecular flexibility index (Phi) is 4.54. The molecule has 0 bridgehead atoms. The minimum absolute atomic E-state index is 0.184. The van der Waals surface area contributed by atoms with Crippen molar-refractivity contribution in [3.05, 3.63) is 102 Å². The number of likely N-dealkylation sites (tertiary alicyclic amines) is 1. The Morgan fingerprint density at radius 1 is 0.741 bits per heavy atom. The van der Waals surface area contributed by atoms with E-state index in [1.54, 1.807) is 35.2 Å². The summed E-state index contributed by atoms with van der Waals surface area (Å²) in [7, 11) is -3.77. The Morgan fingerprint density at radius 3 is 1.85 bits per heavy atom. The van der Waals surface area contributed by atoms with Crippen molar-refractivity contribution in [3.63, 3.8) is 0 Å². The van der Waals surface area contributed by atoms with Crippen molar-refractivity contribution in [2.45, 2.75) is 22.7 Å². The Balaban J connectivity index is 1.72. The quantitative estimate of drug-likeness (QED) is 0.638. The summed E-state index contributed by atoms with van der Waals surface area (Å²) < 4.78 is 26.3. The summed E-state index contributed by atoms with van der Waals surface area (Å²) in [6.45, 7) is 0.389. The number of amides is 1. The van der Waals surface area contributed by atoms with Crippen LogP contribution in [0.15, 0.2) is 95.9 Å². The first-order chi connectivity index (χ1) is 13.1. The van der Waals surface area contributed by atoms with Crippen molar-refractivity contribution < 1.29 is 13.2 Å². The van der Waals surface area contributed by atoms with Gasteiger partial charge in [0.1, 0.15) is 0 Å². The fraction of sp³-hybridized carbons (Fsp3) is 0.136. The maximum atomic E-state index is 13.2. The van der Waals surface area contributed by atoms with Crippen molar-refractivity contribution >= 4 is 15.7 Å². The predicted octanol–water partition coefficient (Wildman–Crippen LogP) is 3.61. The summed E-state index contributed by atoms with van der Waals surface area (Å²) >= 11 is 0. The number of carbonyl (C=O) groups excluding carboxylic acids is 1. The summed E-state index contributed by atoms with van der Waals surface area (Å²) in [6.07, 6.45) is 0. The molecule has 1 heterocycles. The number of rotatable bonds is 5. The first kappa shape index (κ1) is 17.5. The SMILES string of the molecule is O=C1[C@@H](S(=O)(=O)c2ccccc2)[C@H](c2ccccc2)N1Cc1ccccc1. The van der Waals surface area contributed by atoms with E-state index in [4.69, 9.17) is 0 Å². The third-order valence-electron chi connectivity index (χ3n) is 4.89. The summed E-state index contributed by atoms with van der Waals surface area (Å²) in [6, 6.07) is 26.7. The van der Waals surface area contributed by atoms with Crippen LogP contribution < -0.4 is 0 Å². The van der Waals surface area contributed by atoms with E-state index in [2.05, 4.69) is 0 Å². The van der Waals surface area contributed by atoms with Gasteiger partial charge in [-0.05, 0) is 23.3 Å². The van der Waals surface area contributed by atoms with Gasteiger partial charge in [0.05, 0.1) is 10.9 Å². The largest absolute Gasteiger partial charge is 0.328 e. The molecule has 1 saturated heterocycles. The number of hydrogen-bond donors (Lipinski definition) is 0. The fourth-order valence-electron chi connectivity index (χ4n) is 3.54. The Labute approximate surface area is 159 Å². The molecular formula is C22H19NO3S. The molecule has 136 valence electrons. The summed E-state index contributed by atoms with van der Waals surface area (Å²) in [4.78, 5) is 14.7. The highest BCUT2D eigenvalue weighted by Crippen LogP contribution is 2.42. The van der Waals surface area contributed by atoms with Crippen LogP contribution in [-0.4, -0.2) is 24.5 Å². The minimum Gasteiger partial charge on any atom is -0.328 e. The second-order valence-corrected chi connectivity index (χ2v) is 8.66. The van der Waals surface area contributed by atoms with Crippen molar-refractivity contribution in [1.82, 2.24) is 4.90 Å². The van der Waals surface area contributed by atoms with Crippen LogP contribution in [0.5, 0.6) is 0 Å². The standard InChI is InChI=1S/C22H19NO3S/c24-22-21(27(25,26)19-14-8-3-9-15-19)20(18-12-6-2-7-13-18)23(22)16-17-10-4-1-5-11-17/h1-15,20-21H,16H2/t20-,21-/m0/s1. The van der Waals surface area contributed by atoms with Gasteiger partial charge in [-0.15, -0.1) is 0 Å². The van der Waals surface area contributed by atoms with Crippen LogP contribution in [0.4, 0.5) is 0 Å². The summed E-state index contributed by atoms with van der Waals surface area (Å²) in [5.41, 5.74) is 1.81. The molecule has 0 N–H and O–H groups in total. The van der Waals surface area contributed by atoms with Gasteiger partial charge in [-0.2, -0.15) is 0 Å². The highest BCUT2D eigenvalue weighted by Gasteiger charge is 2.55. The van der Waals surface area contributed by atoms with Crippen molar-refractivity contribution in [3.8, 4) is 0 Å². The predicted molar refractivity (Wildman–Crippen MR) is 104 cm³/mol. The van der Waals surface area contributed by atoms with Gasteiger partial charge in [0.2, 0.25) is 5.91 Å². The number of benzene rings is 3. The van der Waals surface area contributed by atoms with E-state index in [1.807, 2.05) is 60.7 Å². The lowest BCUT2D eigenvalue weighted by atomic mass is 9.92. The van der Waals surface area contributed by atoms with Gasteiger partial charge in [-0.3, -0.25) is 4.79 Å². The van der Waals surface area contributed by atoms with Crippen molar-refractivity contribution in [2.75, 3.05) is 0 Å². The van der Waals surface area contributed by atoms with Crippen molar-refractivity contribution in [1.29, 1.82) is 0 Å². The number of carbonyl (C=O) groups is 1. The van der Waals surface area contributed by atoms with Crippen LogP contribution in [0.1, 0.15) is 17.2 Å². The van der Waals surface area contributed by atoms with E-state index < -0.39 is 21.1 Å². The van der Waals surface area contributed by atoms with Gasteiger partial charge in [-0.25, -0.2) is 8.42 Å². The van der Waals surface area contributed by atoms with E-state index in [0.717, 1.165) is 11.1 Å². The highest BCUT2D eigenvalue weighted by atomic mass is 32.2. The third-order valence-corrected chi connectivity index (χ3v) is 6.95. The number of hydrogen-bond acceptors (Lipinski definition) is 3. The van der Waals surface area contributed by atoms with Gasteiger partial charge in [-0.1, -0.05) is 78.9 Å². The zero-order valence-electron chi connectivity index (χ0n) is 14.6. The molecule has 0 aromatic heterocycles. The van der Waals surface area contributed by atoms with E-state index in [-0.39, 0.29) is 10.8 Å². The van der Waals surface area contributed by atoms with Gasteiger partial charge in [0.15, 0.2) is 15.1 Å². The monoisotopic (exact) mass is 377 g/mol. The average Bonchev–Trinajstić information content (AvgIpc) is 2.72. The molecule has 1 aliphatic rings. The second kappa shape index (κ2) is 7.00. The van der Waals surface area contributed by atoms with E-state index in [1.165, 1.54) is 0 Å². The van der Waals surface area contributed by atoms with Crippen LogP contribution in [0.25, 0.3) is 0 Å². The molecule has 0 unspecified atom stereocenters. The number of β-lactam (4-membered cyclic amide) rings is 1. The lowest BCUT2D eigenvalue weighted by Crippen LogP contribution is -2.61. The molecule has 0 spiro atoms. The molecule has 3 aromatic rings. The number of nitrogens with zero attached hydrogens (tertiary/aromatic N) is 1. The molecule has 1 fully saturated rings. The lowest BCUT2D eigenvalue weighted by Gasteiger charge is -2.46. The third kappa shape index (κ3) is 3.15. The molecule has 5 heteroatoms. The Hall–Kier alpha value is -2.92. The molecule has 27 heavy (non-hydrogen) atoms. The molecule has 0 saturated carbocycles. The van der Waals surface area contributed by atoms with Crippen LogP contribution in [0.3, 0.4) is 0 Å². The topological polar surface area (TPSA) is 54.5 Å². The van der Waals surface area contributed by atoms with Crippen LogP contribution in [0, 0.1) is 0 Å². The van der Waals surface area contributed by atoms with Crippen LogP contribution >= 0.6 is 0 Å². The van der Waals surface area contributed by atoms with E-state index >= 15 is 0 Å². The fourth-order valence-corrected chi connectivity index (χ4v) is 5.41. The lowest BCUT2D eigenvalue weighted by molar-refractivity contribution is -0.146. The van der Waals surface area contributed by atoms with Gasteiger partial charge in [0.25, 0.3) is 0 Å². The maximum absolute atomic E-state index is 13.2. The molecule has 4 rings (SSSR count). The molecule has 3 aromatic carbocycles. The van der Waals surface area contributed by atoms with Crippen LogP contribution in [0.2, 0.25) is 0 Å². The summed E-state index contributed by atoms with van der Waals surface area (Å²) in [5, 5.41) is -1.09. The first-order valence-corrected chi connectivity index (χ1v) is 10.3. The van der Waals surface area contributed by atoms with Gasteiger partial charge in [0, 0.05) is 6.54 Å². The molecule has 0 radical (unpaired) electrons. The minimum atomic E-state index is -3.77. The number of sulfone groups is 1. The average molecular weight is 377 g/mol. The normalized spacial score (nSPS) is 19.6. The molecule has 2 atom stereocenters. The molecule has 1 amide bonds. The molecule has 0 aliphatic carbocycles. The Bertz CT molecular complexity index is 1030. The zero-order valence-corrected chi connectivity index (χ0v) is 15.4. The maximum Gasteiger partial charge on any atom is 0.244 e. The molecular weight excluding hydrogens is 358 g/mol. The second-order valence-electron chi connectivity index (χ2n) is 6.59. The zero-order chi connectivity index (χ0) is 18.9.